The minimum Gasteiger partial charge on any atom is -0.243 e. The Morgan fingerprint density at radius 2 is 1.87 bits per heavy atom. The van der Waals surface area contributed by atoms with Crippen LogP contribution < -0.4 is 0 Å². The number of nitriles is 1. The van der Waals surface area contributed by atoms with Crippen molar-refractivity contribution < 1.29 is 21.6 Å². The Hall–Kier alpha value is -2.93. The number of benzene rings is 2. The van der Waals surface area contributed by atoms with Crippen LogP contribution in [0, 0.1) is 29.1 Å². The third-order valence-electron chi connectivity index (χ3n) is 7.37. The molecule has 0 amide bonds. The molecule has 1 aliphatic heterocycles. The van der Waals surface area contributed by atoms with Gasteiger partial charge in [0, 0.05) is 19.3 Å². The van der Waals surface area contributed by atoms with E-state index >= 15 is 0 Å². The highest BCUT2D eigenvalue weighted by atomic mass is 35.5. The quantitative estimate of drug-likeness (QED) is 0.320. The van der Waals surface area contributed by atoms with Crippen LogP contribution in [-0.2, 0) is 29.0 Å². The van der Waals surface area contributed by atoms with E-state index in [0.29, 0.717) is 30.0 Å². The van der Waals surface area contributed by atoms with E-state index < -0.39 is 21.8 Å². The summed E-state index contributed by atoms with van der Waals surface area (Å²) in [5, 5.41) is 9.47. The summed E-state index contributed by atoms with van der Waals surface area (Å²) in [6.07, 6.45) is -1.86. The first-order valence-corrected chi connectivity index (χ1v) is 14.1. The van der Waals surface area contributed by atoms with Gasteiger partial charge < -0.3 is 0 Å². The van der Waals surface area contributed by atoms with E-state index in [1.165, 1.54) is 28.7 Å². The molecule has 0 N–H and O–H groups in total. The summed E-state index contributed by atoms with van der Waals surface area (Å²) in [6, 6.07) is 17.4. The molecule has 2 unspecified atom stereocenters. The minimum atomic E-state index is -4.48. The first-order valence-electron chi connectivity index (χ1n) is 12.3. The van der Waals surface area contributed by atoms with Gasteiger partial charge in [0.25, 0.3) is 10.0 Å². The fraction of sp³-hybridized carbons (Fsp3) is 0.357. The smallest absolute Gasteiger partial charge is 0.243 e. The lowest BCUT2D eigenvalue weighted by atomic mass is 9.75. The number of nitrogens with zero attached hydrogens (tertiary/aromatic N) is 3. The summed E-state index contributed by atoms with van der Waals surface area (Å²) in [7, 11) is -3.76. The molecule has 2 aromatic carbocycles. The van der Waals surface area contributed by atoms with Gasteiger partial charge in [0.15, 0.2) is 5.03 Å². The molecule has 0 aliphatic carbocycles. The van der Waals surface area contributed by atoms with E-state index in [4.69, 9.17) is 11.6 Å². The van der Waals surface area contributed by atoms with Crippen LogP contribution in [-0.4, -0.2) is 30.8 Å². The lowest BCUT2D eigenvalue weighted by molar-refractivity contribution is -0.138. The standard InChI is InChI=1S/C28H27ClF3N3O2S/c1-19(23-11-13-35(18-23)38(36,37)27-8-4-5-12-34-27)24(14-20-9-10-22(17-33)26(29)15-20)16-21-6-2-3-7-25(21)28(30,31)32/h2-10,12,15,19,23-24H,11,13-14,16,18H2,1H3/t19-,23?,24?/m1/s1. The van der Waals surface area contributed by atoms with E-state index in [1.807, 2.05) is 13.0 Å². The number of alkyl halides is 3. The van der Waals surface area contributed by atoms with Gasteiger partial charge >= 0.3 is 6.18 Å². The first-order chi connectivity index (χ1) is 18.0. The number of pyridine rings is 1. The Morgan fingerprint density at radius 1 is 1.13 bits per heavy atom. The van der Waals surface area contributed by atoms with Crippen molar-refractivity contribution in [2.24, 2.45) is 17.8 Å². The maximum absolute atomic E-state index is 13.8. The normalized spacial score (nSPS) is 18.2. The van der Waals surface area contributed by atoms with Crippen LogP contribution in [0.2, 0.25) is 5.02 Å². The number of hydrogen-bond acceptors (Lipinski definition) is 4. The van der Waals surface area contributed by atoms with Crippen LogP contribution in [0.3, 0.4) is 0 Å². The second-order valence-corrected chi connectivity index (χ2v) is 12.0. The molecule has 2 heterocycles. The summed E-state index contributed by atoms with van der Waals surface area (Å²) < 4.78 is 69.0. The highest BCUT2D eigenvalue weighted by molar-refractivity contribution is 7.89. The summed E-state index contributed by atoms with van der Waals surface area (Å²) in [6.45, 7) is 2.57. The summed E-state index contributed by atoms with van der Waals surface area (Å²) in [5.74, 6) is -0.384. The fourth-order valence-corrected chi connectivity index (χ4v) is 6.89. The molecule has 38 heavy (non-hydrogen) atoms. The molecule has 0 bridgehead atoms. The van der Waals surface area contributed by atoms with Crippen molar-refractivity contribution in [3.8, 4) is 6.07 Å². The van der Waals surface area contributed by atoms with Crippen molar-refractivity contribution in [1.82, 2.24) is 9.29 Å². The van der Waals surface area contributed by atoms with Crippen LogP contribution in [0.1, 0.15) is 35.6 Å². The van der Waals surface area contributed by atoms with Crippen LogP contribution in [0.15, 0.2) is 71.9 Å². The number of rotatable bonds is 8. The molecule has 5 nitrogen and oxygen atoms in total. The molecule has 0 radical (unpaired) electrons. The molecule has 0 spiro atoms. The van der Waals surface area contributed by atoms with E-state index in [0.717, 1.165) is 11.6 Å². The topological polar surface area (TPSA) is 74.1 Å². The zero-order valence-electron chi connectivity index (χ0n) is 20.7. The maximum Gasteiger partial charge on any atom is 0.416 e. The van der Waals surface area contributed by atoms with Crippen molar-refractivity contribution in [3.63, 3.8) is 0 Å². The van der Waals surface area contributed by atoms with E-state index in [2.05, 4.69) is 4.98 Å². The molecule has 3 atom stereocenters. The molecule has 1 aliphatic rings. The van der Waals surface area contributed by atoms with Gasteiger partial charge in [-0.25, -0.2) is 13.4 Å². The van der Waals surface area contributed by atoms with Gasteiger partial charge in [-0.1, -0.05) is 48.9 Å². The predicted octanol–water partition coefficient (Wildman–Crippen LogP) is 6.37. The van der Waals surface area contributed by atoms with Crippen LogP contribution in [0.4, 0.5) is 13.2 Å². The lowest BCUT2D eigenvalue weighted by Crippen LogP contribution is -2.32. The second kappa shape index (κ2) is 11.4. The molecule has 0 saturated carbocycles. The Morgan fingerprint density at radius 3 is 2.53 bits per heavy atom. The first kappa shape index (κ1) is 28.1. The highest BCUT2D eigenvalue weighted by Crippen LogP contribution is 2.38. The number of aromatic nitrogens is 1. The van der Waals surface area contributed by atoms with Crippen molar-refractivity contribution in [3.05, 3.63) is 94.1 Å². The van der Waals surface area contributed by atoms with Crippen LogP contribution in [0.25, 0.3) is 0 Å². The summed E-state index contributed by atoms with van der Waals surface area (Å²) >= 11 is 6.24. The SMILES string of the molecule is C[C@@H](C(Cc1ccc(C#N)c(Cl)c1)Cc1ccccc1C(F)(F)F)C1CCN(S(=O)(=O)c2ccccn2)C1. The van der Waals surface area contributed by atoms with Gasteiger partial charge in [0.05, 0.1) is 16.1 Å². The molecule has 3 aromatic rings. The average molecular weight is 562 g/mol. The van der Waals surface area contributed by atoms with Crippen molar-refractivity contribution in [2.45, 2.75) is 37.4 Å². The minimum absolute atomic E-state index is 0.0174. The van der Waals surface area contributed by atoms with Gasteiger partial charge in [-0.05, 0) is 78.5 Å². The number of sulfonamides is 1. The molecule has 200 valence electrons. The molecule has 4 rings (SSSR count). The zero-order valence-corrected chi connectivity index (χ0v) is 22.3. The Bertz CT molecular complexity index is 1430. The molecule has 10 heteroatoms. The number of hydrogen-bond donors (Lipinski definition) is 0. The van der Waals surface area contributed by atoms with E-state index in [1.54, 1.807) is 36.4 Å². The van der Waals surface area contributed by atoms with Gasteiger partial charge in [0.2, 0.25) is 0 Å². The van der Waals surface area contributed by atoms with Gasteiger partial charge in [-0.15, -0.1) is 0 Å². The van der Waals surface area contributed by atoms with E-state index in [9.17, 15) is 26.9 Å². The Balaban J connectivity index is 1.61. The average Bonchev–Trinajstić information content (AvgIpc) is 3.40. The van der Waals surface area contributed by atoms with Crippen molar-refractivity contribution in [1.29, 1.82) is 5.26 Å². The summed E-state index contributed by atoms with van der Waals surface area (Å²) in [4.78, 5) is 4.00. The van der Waals surface area contributed by atoms with Crippen molar-refractivity contribution >= 4 is 21.6 Å². The predicted molar refractivity (Wildman–Crippen MR) is 139 cm³/mol. The van der Waals surface area contributed by atoms with Gasteiger partial charge in [-0.2, -0.15) is 22.7 Å². The number of halogens is 4. The van der Waals surface area contributed by atoms with Gasteiger partial charge in [0.1, 0.15) is 6.07 Å². The monoisotopic (exact) mass is 561 g/mol. The zero-order chi connectivity index (χ0) is 27.5. The molecular weight excluding hydrogens is 535 g/mol. The van der Waals surface area contributed by atoms with E-state index in [-0.39, 0.29) is 41.3 Å². The van der Waals surface area contributed by atoms with Crippen LogP contribution >= 0.6 is 11.6 Å². The molecule has 1 fully saturated rings. The second-order valence-electron chi connectivity index (χ2n) is 9.69. The molecule has 1 saturated heterocycles. The highest BCUT2D eigenvalue weighted by Gasteiger charge is 2.39. The Kier molecular flexibility index (Phi) is 8.46. The maximum atomic E-state index is 13.8. The third-order valence-corrected chi connectivity index (χ3v) is 9.47. The molecular formula is C28H27ClF3N3O2S. The van der Waals surface area contributed by atoms with Gasteiger partial charge in [-0.3, -0.25) is 0 Å². The van der Waals surface area contributed by atoms with Crippen molar-refractivity contribution in [2.75, 3.05) is 13.1 Å². The fourth-order valence-electron chi connectivity index (χ4n) is 5.20. The molecule has 1 aromatic heterocycles. The van der Waals surface area contributed by atoms with Crippen LogP contribution in [0.5, 0.6) is 0 Å². The third kappa shape index (κ3) is 6.20. The lowest BCUT2D eigenvalue weighted by Gasteiger charge is -2.30. The Labute approximate surface area is 225 Å². The largest absolute Gasteiger partial charge is 0.416 e. The summed E-state index contributed by atoms with van der Waals surface area (Å²) in [5.41, 5.74) is 0.674.